The number of carbonyl (C=O) groups is 1. The smallest absolute Gasteiger partial charge is 0.225 e. The molecule has 0 aromatic heterocycles. The van der Waals surface area contributed by atoms with Crippen LogP contribution in [0.5, 0.6) is 0 Å². The summed E-state index contributed by atoms with van der Waals surface area (Å²) in [5.41, 5.74) is 9.22. The van der Waals surface area contributed by atoms with Gasteiger partial charge < -0.3 is 25.6 Å². The topological polar surface area (TPSA) is 96.0 Å². The van der Waals surface area contributed by atoms with Gasteiger partial charge in [-0.1, -0.05) is 48.5 Å². The second-order valence-corrected chi connectivity index (χ2v) is 10.8. The number of unbranched alkanes of at least 4 members (excludes halogenated alkanes) is 1. The molecule has 5 unspecified atom stereocenters. The van der Waals surface area contributed by atoms with Gasteiger partial charge >= 0.3 is 0 Å². The number of amides is 1. The van der Waals surface area contributed by atoms with E-state index in [-0.39, 0.29) is 23.8 Å². The van der Waals surface area contributed by atoms with Crippen LogP contribution in [0, 0.1) is 18.8 Å². The molecule has 1 aliphatic carbocycles. The lowest BCUT2D eigenvalue weighted by molar-refractivity contribution is -0.141. The Bertz CT molecular complexity index is 1020. The first-order chi connectivity index (χ1) is 17.3. The SMILES string of the molecule is COCCCCC(O)(c1ccccc1-c1ccccc1C)C1CCCN(C(=O)C2CC(N)C(O)C2)C1. The Morgan fingerprint density at radius 1 is 1.11 bits per heavy atom. The normalized spacial score (nSPS) is 26.1. The molecule has 2 aromatic rings. The molecule has 2 aromatic carbocycles. The number of aliphatic hydroxyl groups excluding tert-OH is 1. The number of piperidine rings is 1. The highest BCUT2D eigenvalue weighted by atomic mass is 16.5. The molecule has 4 rings (SSSR count). The van der Waals surface area contributed by atoms with Crippen LogP contribution < -0.4 is 5.73 Å². The third-order valence-corrected chi connectivity index (χ3v) is 8.32. The van der Waals surface area contributed by atoms with Gasteiger partial charge in [0.2, 0.25) is 5.91 Å². The fourth-order valence-corrected chi connectivity index (χ4v) is 6.25. The predicted molar refractivity (Wildman–Crippen MR) is 142 cm³/mol. The minimum atomic E-state index is -1.07. The van der Waals surface area contributed by atoms with E-state index in [0.717, 1.165) is 42.4 Å². The first-order valence-electron chi connectivity index (χ1n) is 13.4. The van der Waals surface area contributed by atoms with E-state index in [1.54, 1.807) is 7.11 Å². The van der Waals surface area contributed by atoms with Crippen molar-refractivity contribution in [1.29, 1.82) is 0 Å². The number of aryl methyl sites for hydroxylation is 1. The van der Waals surface area contributed by atoms with Gasteiger partial charge in [0.05, 0.1) is 11.7 Å². The summed E-state index contributed by atoms with van der Waals surface area (Å²) >= 11 is 0. The Morgan fingerprint density at radius 2 is 1.83 bits per heavy atom. The number of carbonyl (C=O) groups excluding carboxylic acids is 1. The summed E-state index contributed by atoms with van der Waals surface area (Å²) in [5, 5.41) is 22.7. The van der Waals surface area contributed by atoms with E-state index >= 15 is 0 Å². The summed E-state index contributed by atoms with van der Waals surface area (Å²) in [5.74, 6) is -0.244. The number of likely N-dealkylation sites (tertiary alicyclic amines) is 1. The quantitative estimate of drug-likeness (QED) is 0.458. The van der Waals surface area contributed by atoms with Gasteiger partial charge in [-0.05, 0) is 74.1 Å². The maximum atomic E-state index is 13.4. The molecule has 1 aliphatic heterocycles. The minimum Gasteiger partial charge on any atom is -0.391 e. The van der Waals surface area contributed by atoms with Gasteiger partial charge in [0.25, 0.3) is 0 Å². The molecule has 4 N–H and O–H groups in total. The lowest BCUT2D eigenvalue weighted by Gasteiger charge is -2.44. The van der Waals surface area contributed by atoms with E-state index in [1.165, 1.54) is 5.56 Å². The van der Waals surface area contributed by atoms with Gasteiger partial charge in [-0.3, -0.25) is 4.79 Å². The van der Waals surface area contributed by atoms with Crippen LogP contribution in [0.25, 0.3) is 11.1 Å². The van der Waals surface area contributed by atoms with Crippen molar-refractivity contribution < 1.29 is 19.7 Å². The van der Waals surface area contributed by atoms with Crippen molar-refractivity contribution >= 4 is 5.91 Å². The maximum Gasteiger partial charge on any atom is 0.225 e. The van der Waals surface area contributed by atoms with Gasteiger partial charge in [-0.15, -0.1) is 0 Å². The molecule has 6 heteroatoms. The maximum absolute atomic E-state index is 13.4. The average Bonchev–Trinajstić information content (AvgIpc) is 3.24. The van der Waals surface area contributed by atoms with Crippen molar-refractivity contribution in [3.8, 4) is 11.1 Å². The van der Waals surface area contributed by atoms with Gasteiger partial charge in [0, 0.05) is 44.7 Å². The van der Waals surface area contributed by atoms with Crippen LogP contribution in [0.2, 0.25) is 0 Å². The lowest BCUT2D eigenvalue weighted by atomic mass is 9.71. The Morgan fingerprint density at radius 3 is 2.53 bits per heavy atom. The number of aliphatic hydroxyl groups is 2. The number of hydrogen-bond donors (Lipinski definition) is 3. The molecule has 2 aliphatic rings. The highest BCUT2D eigenvalue weighted by Gasteiger charge is 2.44. The highest BCUT2D eigenvalue weighted by Crippen LogP contribution is 2.44. The number of hydrogen-bond acceptors (Lipinski definition) is 5. The average molecular weight is 495 g/mol. The lowest BCUT2D eigenvalue weighted by Crippen LogP contribution is -2.49. The summed E-state index contributed by atoms with van der Waals surface area (Å²) in [7, 11) is 1.70. The molecular weight excluding hydrogens is 452 g/mol. The number of methoxy groups -OCH3 is 1. The van der Waals surface area contributed by atoms with Gasteiger partial charge in [-0.25, -0.2) is 0 Å². The number of benzene rings is 2. The van der Waals surface area contributed by atoms with Crippen molar-refractivity contribution in [2.45, 2.75) is 69.6 Å². The van der Waals surface area contributed by atoms with E-state index in [4.69, 9.17) is 10.5 Å². The van der Waals surface area contributed by atoms with Crippen molar-refractivity contribution in [2.75, 3.05) is 26.8 Å². The molecule has 6 nitrogen and oxygen atoms in total. The van der Waals surface area contributed by atoms with E-state index in [0.29, 0.717) is 39.0 Å². The summed E-state index contributed by atoms with van der Waals surface area (Å²) < 4.78 is 5.27. The Labute approximate surface area is 215 Å². The minimum absolute atomic E-state index is 0.0700. The molecule has 1 saturated heterocycles. The molecule has 0 radical (unpaired) electrons. The van der Waals surface area contributed by atoms with Gasteiger partial charge in [0.1, 0.15) is 0 Å². The molecule has 1 amide bonds. The summed E-state index contributed by atoms with van der Waals surface area (Å²) in [6.45, 7) is 3.97. The van der Waals surface area contributed by atoms with Gasteiger partial charge in [-0.2, -0.15) is 0 Å². The predicted octanol–water partition coefficient (Wildman–Crippen LogP) is 4.00. The monoisotopic (exact) mass is 494 g/mol. The van der Waals surface area contributed by atoms with Crippen LogP contribution in [0.15, 0.2) is 48.5 Å². The van der Waals surface area contributed by atoms with Crippen molar-refractivity contribution in [1.82, 2.24) is 4.90 Å². The first-order valence-corrected chi connectivity index (χ1v) is 13.4. The summed E-state index contributed by atoms with van der Waals surface area (Å²) in [6, 6.07) is 16.2. The molecule has 36 heavy (non-hydrogen) atoms. The molecule has 2 fully saturated rings. The molecule has 5 atom stereocenters. The van der Waals surface area contributed by atoms with Crippen molar-refractivity contribution in [2.24, 2.45) is 17.6 Å². The first kappa shape index (κ1) is 26.8. The molecular formula is C30H42N2O4. The largest absolute Gasteiger partial charge is 0.391 e. The Balaban J connectivity index is 1.65. The molecule has 1 heterocycles. The van der Waals surface area contributed by atoms with Crippen molar-refractivity contribution in [3.63, 3.8) is 0 Å². The molecule has 0 bridgehead atoms. The van der Waals surface area contributed by atoms with Crippen LogP contribution in [0.1, 0.15) is 56.1 Å². The molecule has 1 saturated carbocycles. The number of ether oxygens (including phenoxy) is 1. The standard InChI is InChI=1S/C30H42N2O4/c1-21-10-3-4-12-24(21)25-13-5-6-14-26(25)30(35,15-7-8-17-36-2)23-11-9-16-32(20-23)29(34)22-18-27(31)28(33)19-22/h3-6,10,12-14,22-23,27-28,33,35H,7-9,11,15-20,31H2,1-2H3. The van der Waals surface area contributed by atoms with Crippen LogP contribution in [0.3, 0.4) is 0 Å². The molecule has 196 valence electrons. The van der Waals surface area contributed by atoms with E-state index in [2.05, 4.69) is 31.2 Å². The second-order valence-electron chi connectivity index (χ2n) is 10.8. The fraction of sp³-hybridized carbons (Fsp3) is 0.567. The van der Waals surface area contributed by atoms with Crippen molar-refractivity contribution in [3.05, 3.63) is 59.7 Å². The summed E-state index contributed by atoms with van der Waals surface area (Å²) in [4.78, 5) is 15.3. The van der Waals surface area contributed by atoms with Crippen LogP contribution >= 0.6 is 0 Å². The zero-order valence-electron chi connectivity index (χ0n) is 21.7. The number of nitrogens with zero attached hydrogens (tertiary/aromatic N) is 1. The van der Waals surface area contributed by atoms with E-state index < -0.39 is 11.7 Å². The third-order valence-electron chi connectivity index (χ3n) is 8.32. The number of rotatable bonds is 9. The highest BCUT2D eigenvalue weighted by molar-refractivity contribution is 5.79. The van der Waals surface area contributed by atoms with Crippen LogP contribution in [-0.4, -0.2) is 60.0 Å². The van der Waals surface area contributed by atoms with E-state index in [9.17, 15) is 15.0 Å². The van der Waals surface area contributed by atoms with E-state index in [1.807, 2.05) is 29.2 Å². The van der Waals surface area contributed by atoms with Crippen LogP contribution in [0.4, 0.5) is 0 Å². The molecule has 0 spiro atoms. The summed E-state index contributed by atoms with van der Waals surface area (Å²) in [6.07, 6.45) is 4.37. The third kappa shape index (κ3) is 5.67. The van der Waals surface area contributed by atoms with Crippen LogP contribution in [-0.2, 0) is 15.1 Å². The number of nitrogens with two attached hydrogens (primary N) is 1. The Hall–Kier alpha value is -2.25. The Kier molecular flexibility index (Phi) is 8.83. The fourth-order valence-electron chi connectivity index (χ4n) is 6.25. The second kappa shape index (κ2) is 11.9. The van der Waals surface area contributed by atoms with Gasteiger partial charge in [0.15, 0.2) is 0 Å². The zero-order valence-corrected chi connectivity index (χ0v) is 21.7. The zero-order chi connectivity index (χ0) is 25.7.